The zero-order valence-electron chi connectivity index (χ0n) is 10.1. The number of nitrogens with zero attached hydrogens (tertiary/aromatic N) is 2. The molecule has 2 rings (SSSR count). The van der Waals surface area contributed by atoms with E-state index in [2.05, 4.69) is 51.1 Å². The van der Waals surface area contributed by atoms with Gasteiger partial charge >= 0.3 is 0 Å². The van der Waals surface area contributed by atoms with Gasteiger partial charge in [0.15, 0.2) is 0 Å². The molecular formula is C14H14BrClN2. The third-order valence-corrected chi connectivity index (χ3v) is 3.66. The molecule has 4 heteroatoms. The van der Waals surface area contributed by atoms with Crippen LogP contribution in [0.4, 0.5) is 5.69 Å². The molecule has 0 bridgehead atoms. The summed E-state index contributed by atoms with van der Waals surface area (Å²) in [7, 11) is 2.06. The summed E-state index contributed by atoms with van der Waals surface area (Å²) in [6, 6.07) is 10.2. The van der Waals surface area contributed by atoms with Crippen LogP contribution < -0.4 is 4.90 Å². The van der Waals surface area contributed by atoms with Gasteiger partial charge in [-0.2, -0.15) is 0 Å². The monoisotopic (exact) mass is 324 g/mol. The third-order valence-electron chi connectivity index (χ3n) is 2.72. The fraction of sp³-hybridized carbons (Fsp3) is 0.214. The Morgan fingerprint density at radius 2 is 2.11 bits per heavy atom. The third kappa shape index (κ3) is 3.24. The van der Waals surface area contributed by atoms with E-state index in [0.29, 0.717) is 5.88 Å². The molecule has 0 amide bonds. The Labute approximate surface area is 121 Å². The molecule has 94 valence electrons. The lowest BCUT2D eigenvalue weighted by Gasteiger charge is -2.21. The Balaban J connectivity index is 2.16. The van der Waals surface area contributed by atoms with Crippen LogP contribution in [0, 0.1) is 0 Å². The average molecular weight is 326 g/mol. The van der Waals surface area contributed by atoms with Gasteiger partial charge in [-0.3, -0.25) is 4.98 Å². The topological polar surface area (TPSA) is 16.1 Å². The van der Waals surface area contributed by atoms with Gasteiger partial charge in [-0.05, 0) is 45.3 Å². The molecule has 0 fully saturated rings. The molecule has 2 nitrogen and oxygen atoms in total. The maximum Gasteiger partial charge on any atom is 0.0511 e. The SMILES string of the molecule is CN(Cc1cccnc1)c1ccc(CCl)cc1Br. The molecule has 1 heterocycles. The van der Waals surface area contributed by atoms with Crippen molar-refractivity contribution in [2.75, 3.05) is 11.9 Å². The maximum atomic E-state index is 5.82. The van der Waals surface area contributed by atoms with E-state index >= 15 is 0 Å². The largest absolute Gasteiger partial charge is 0.369 e. The Kier molecular flexibility index (Phi) is 4.61. The number of benzene rings is 1. The first-order valence-electron chi connectivity index (χ1n) is 5.65. The van der Waals surface area contributed by atoms with E-state index in [1.807, 2.05) is 18.3 Å². The molecule has 1 aromatic heterocycles. The summed E-state index contributed by atoms with van der Waals surface area (Å²) in [6.45, 7) is 0.826. The van der Waals surface area contributed by atoms with Gasteiger partial charge in [-0.15, -0.1) is 11.6 Å². The van der Waals surface area contributed by atoms with Gasteiger partial charge in [-0.1, -0.05) is 12.1 Å². The van der Waals surface area contributed by atoms with Gasteiger partial charge in [0.05, 0.1) is 5.69 Å². The number of hydrogen-bond donors (Lipinski definition) is 0. The maximum absolute atomic E-state index is 5.82. The fourth-order valence-electron chi connectivity index (χ4n) is 1.79. The second kappa shape index (κ2) is 6.21. The lowest BCUT2D eigenvalue weighted by atomic mass is 10.2. The van der Waals surface area contributed by atoms with Crippen molar-refractivity contribution in [3.63, 3.8) is 0 Å². The molecule has 0 N–H and O–H groups in total. The summed E-state index contributed by atoms with van der Waals surface area (Å²) >= 11 is 9.40. The number of alkyl halides is 1. The first-order valence-corrected chi connectivity index (χ1v) is 6.98. The molecule has 0 unspecified atom stereocenters. The number of aromatic nitrogens is 1. The van der Waals surface area contributed by atoms with Crippen molar-refractivity contribution >= 4 is 33.2 Å². The van der Waals surface area contributed by atoms with E-state index in [4.69, 9.17) is 11.6 Å². The van der Waals surface area contributed by atoms with Gasteiger partial charge in [-0.25, -0.2) is 0 Å². The first kappa shape index (κ1) is 13.4. The van der Waals surface area contributed by atoms with E-state index in [1.54, 1.807) is 6.20 Å². The summed E-state index contributed by atoms with van der Waals surface area (Å²) in [5, 5.41) is 0. The second-order valence-corrected chi connectivity index (χ2v) is 5.26. The van der Waals surface area contributed by atoms with Crippen molar-refractivity contribution in [3.05, 3.63) is 58.3 Å². The van der Waals surface area contributed by atoms with Crippen LogP contribution in [0.1, 0.15) is 11.1 Å². The van der Waals surface area contributed by atoms with Crippen LogP contribution in [-0.4, -0.2) is 12.0 Å². The van der Waals surface area contributed by atoms with Gasteiger partial charge < -0.3 is 4.90 Å². The average Bonchev–Trinajstić information content (AvgIpc) is 2.39. The Bertz CT molecular complexity index is 516. The van der Waals surface area contributed by atoms with E-state index < -0.39 is 0 Å². The van der Waals surface area contributed by atoms with Crippen molar-refractivity contribution in [1.82, 2.24) is 4.98 Å². The molecule has 0 aliphatic rings. The Morgan fingerprint density at radius 3 is 2.72 bits per heavy atom. The molecule has 0 atom stereocenters. The van der Waals surface area contributed by atoms with Gasteiger partial charge in [0.1, 0.15) is 0 Å². The predicted molar refractivity (Wildman–Crippen MR) is 80.0 cm³/mol. The van der Waals surface area contributed by atoms with Crippen molar-refractivity contribution in [2.45, 2.75) is 12.4 Å². The van der Waals surface area contributed by atoms with E-state index in [9.17, 15) is 0 Å². The minimum atomic E-state index is 0.533. The highest BCUT2D eigenvalue weighted by Gasteiger charge is 2.07. The summed E-state index contributed by atoms with van der Waals surface area (Å²) in [5.74, 6) is 0.533. The minimum Gasteiger partial charge on any atom is -0.369 e. The van der Waals surface area contributed by atoms with Crippen LogP contribution in [0.15, 0.2) is 47.2 Å². The zero-order valence-corrected chi connectivity index (χ0v) is 12.4. The van der Waals surface area contributed by atoms with Crippen molar-refractivity contribution in [3.8, 4) is 0 Å². The highest BCUT2D eigenvalue weighted by molar-refractivity contribution is 9.10. The van der Waals surface area contributed by atoms with Crippen LogP contribution in [0.2, 0.25) is 0 Å². The van der Waals surface area contributed by atoms with Gasteiger partial charge in [0, 0.05) is 36.3 Å². The summed E-state index contributed by atoms with van der Waals surface area (Å²) < 4.78 is 1.06. The van der Waals surface area contributed by atoms with Crippen LogP contribution in [0.5, 0.6) is 0 Å². The fourth-order valence-corrected chi connectivity index (χ4v) is 2.69. The molecule has 1 aromatic carbocycles. The number of halogens is 2. The number of pyridine rings is 1. The van der Waals surface area contributed by atoms with Gasteiger partial charge in [0.2, 0.25) is 0 Å². The first-order chi connectivity index (χ1) is 8.70. The molecular weight excluding hydrogens is 312 g/mol. The molecule has 0 aliphatic carbocycles. The highest BCUT2D eigenvalue weighted by atomic mass is 79.9. The molecule has 0 radical (unpaired) electrons. The summed E-state index contributed by atoms with van der Waals surface area (Å²) in [4.78, 5) is 6.31. The van der Waals surface area contributed by atoms with E-state index in [-0.39, 0.29) is 0 Å². The number of rotatable bonds is 4. The van der Waals surface area contributed by atoms with E-state index in [1.165, 1.54) is 5.56 Å². The molecule has 0 saturated heterocycles. The smallest absolute Gasteiger partial charge is 0.0511 e. The molecule has 0 spiro atoms. The van der Waals surface area contributed by atoms with Crippen molar-refractivity contribution in [1.29, 1.82) is 0 Å². The lowest BCUT2D eigenvalue weighted by Crippen LogP contribution is -2.16. The van der Waals surface area contributed by atoms with Crippen LogP contribution in [0.25, 0.3) is 0 Å². The van der Waals surface area contributed by atoms with Crippen LogP contribution >= 0.6 is 27.5 Å². The Morgan fingerprint density at radius 1 is 1.28 bits per heavy atom. The minimum absolute atomic E-state index is 0.533. The predicted octanol–water partition coefficient (Wildman–Crippen LogP) is 4.22. The van der Waals surface area contributed by atoms with Gasteiger partial charge in [0.25, 0.3) is 0 Å². The molecule has 18 heavy (non-hydrogen) atoms. The molecule has 0 aliphatic heterocycles. The lowest BCUT2D eigenvalue weighted by molar-refractivity contribution is 0.912. The quantitative estimate of drug-likeness (QED) is 0.782. The van der Waals surface area contributed by atoms with Crippen LogP contribution in [0.3, 0.4) is 0 Å². The van der Waals surface area contributed by atoms with Crippen molar-refractivity contribution < 1.29 is 0 Å². The standard InChI is InChI=1S/C14H14BrClN2/c1-18(10-12-3-2-6-17-9-12)14-5-4-11(8-16)7-13(14)15/h2-7,9H,8,10H2,1H3. The highest BCUT2D eigenvalue weighted by Crippen LogP contribution is 2.28. The Hall–Kier alpha value is -1.06. The summed E-state index contributed by atoms with van der Waals surface area (Å²) in [6.07, 6.45) is 3.67. The number of hydrogen-bond acceptors (Lipinski definition) is 2. The number of anilines is 1. The zero-order chi connectivity index (χ0) is 13.0. The molecule has 0 saturated carbocycles. The molecule has 2 aromatic rings. The van der Waals surface area contributed by atoms with Crippen molar-refractivity contribution in [2.24, 2.45) is 0 Å². The second-order valence-electron chi connectivity index (χ2n) is 4.14. The summed E-state index contributed by atoms with van der Waals surface area (Å²) in [5.41, 5.74) is 3.45. The normalized spacial score (nSPS) is 10.4. The van der Waals surface area contributed by atoms with E-state index in [0.717, 1.165) is 22.3 Å². The van der Waals surface area contributed by atoms with Crippen LogP contribution in [-0.2, 0) is 12.4 Å².